The predicted octanol–water partition coefficient (Wildman–Crippen LogP) is 10.1. The van der Waals surface area contributed by atoms with Crippen LogP contribution >= 0.6 is 0 Å². The van der Waals surface area contributed by atoms with E-state index in [-0.39, 0.29) is 5.41 Å². The molecular formula is C52H55N3O6. The van der Waals surface area contributed by atoms with Crippen molar-refractivity contribution in [2.75, 3.05) is 76.1 Å². The van der Waals surface area contributed by atoms with E-state index in [0.29, 0.717) is 26.3 Å². The molecule has 2 saturated heterocycles. The number of ether oxygens (including phenoxy) is 5. The first kappa shape index (κ1) is 40.4. The van der Waals surface area contributed by atoms with Crippen LogP contribution in [0, 0.1) is 0 Å². The Morgan fingerprint density at radius 2 is 1.67 bits per heavy atom. The summed E-state index contributed by atoms with van der Waals surface area (Å²) in [6.45, 7) is 16.3. The predicted molar refractivity (Wildman–Crippen MR) is 244 cm³/mol. The molecule has 1 aliphatic carbocycles. The SMILES string of the molecule is C=C(C)COCCNC(=O)O/C=C1/CCCN(c2cc3c4c(c5c(c3cc2OC)OC(c2ccccc2)(c2ccc(N3CCOCC3)cc2)C=C5)C(C)(C)c2ccccc2-4)C1. The van der Waals surface area contributed by atoms with Gasteiger partial charge < -0.3 is 38.8 Å². The quantitative estimate of drug-likeness (QED) is 0.0802. The van der Waals surface area contributed by atoms with Gasteiger partial charge in [0.05, 0.1) is 45.5 Å². The van der Waals surface area contributed by atoms with E-state index in [1.807, 2.05) is 6.92 Å². The molecule has 3 aliphatic heterocycles. The number of carbonyl (C=O) groups is 1. The number of hydrogen-bond acceptors (Lipinski definition) is 8. The van der Waals surface area contributed by atoms with E-state index in [4.69, 9.17) is 23.7 Å². The van der Waals surface area contributed by atoms with Crippen molar-refractivity contribution in [1.29, 1.82) is 0 Å². The number of fused-ring (bicyclic) bond motifs is 8. The number of alkyl carbamates (subject to hydrolysis) is 1. The number of carbonyl (C=O) groups excluding carboxylic acids is 1. The summed E-state index contributed by atoms with van der Waals surface area (Å²) < 4.78 is 30.6. The van der Waals surface area contributed by atoms with Crippen LogP contribution < -0.4 is 24.6 Å². The molecule has 0 aromatic heterocycles. The van der Waals surface area contributed by atoms with Crippen LogP contribution in [0.15, 0.2) is 121 Å². The molecule has 1 amide bonds. The van der Waals surface area contributed by atoms with Gasteiger partial charge in [0, 0.05) is 65.9 Å². The van der Waals surface area contributed by atoms with Gasteiger partial charge in [0.15, 0.2) is 5.60 Å². The number of piperidine rings is 1. The van der Waals surface area contributed by atoms with E-state index in [1.54, 1.807) is 13.4 Å². The molecule has 5 aromatic carbocycles. The Kier molecular flexibility index (Phi) is 11.1. The lowest BCUT2D eigenvalue weighted by molar-refractivity contribution is 0.122. The van der Waals surface area contributed by atoms with Crippen molar-refractivity contribution in [3.05, 3.63) is 149 Å². The summed E-state index contributed by atoms with van der Waals surface area (Å²) in [7, 11) is 1.74. The minimum absolute atomic E-state index is 0.291. The number of rotatable bonds is 11. The third kappa shape index (κ3) is 7.55. The molecule has 0 saturated carbocycles. The molecule has 1 atom stereocenters. The molecule has 0 bridgehead atoms. The maximum absolute atomic E-state index is 12.6. The third-order valence-corrected chi connectivity index (χ3v) is 12.6. The molecule has 9 nitrogen and oxygen atoms in total. The number of anilines is 2. The van der Waals surface area contributed by atoms with Gasteiger partial charge in [0.2, 0.25) is 0 Å². The Morgan fingerprint density at radius 1 is 0.918 bits per heavy atom. The van der Waals surface area contributed by atoms with Crippen LogP contribution in [0.1, 0.15) is 61.4 Å². The van der Waals surface area contributed by atoms with Gasteiger partial charge in [-0.1, -0.05) is 98.8 Å². The third-order valence-electron chi connectivity index (χ3n) is 12.6. The number of nitrogens with one attached hydrogen (secondary N) is 1. The molecule has 4 aliphatic rings. The van der Waals surface area contributed by atoms with Crippen LogP contribution in [-0.2, 0) is 25.2 Å². The number of amides is 1. The lowest BCUT2D eigenvalue weighted by Gasteiger charge is -2.39. The molecule has 0 spiro atoms. The lowest BCUT2D eigenvalue weighted by atomic mass is 9.76. The number of hydrogen-bond donors (Lipinski definition) is 1. The van der Waals surface area contributed by atoms with Gasteiger partial charge in [-0.05, 0) is 83.3 Å². The maximum Gasteiger partial charge on any atom is 0.412 e. The van der Waals surface area contributed by atoms with Crippen LogP contribution in [0.3, 0.4) is 0 Å². The molecule has 9 rings (SSSR count). The number of benzene rings is 5. The second-order valence-corrected chi connectivity index (χ2v) is 17.1. The highest BCUT2D eigenvalue weighted by Crippen LogP contribution is 2.59. The van der Waals surface area contributed by atoms with Gasteiger partial charge in [-0.2, -0.15) is 0 Å². The molecular weight excluding hydrogens is 763 g/mol. The van der Waals surface area contributed by atoms with Crippen LogP contribution in [-0.4, -0.2) is 72.4 Å². The monoisotopic (exact) mass is 817 g/mol. The van der Waals surface area contributed by atoms with Gasteiger partial charge in [0.25, 0.3) is 0 Å². The van der Waals surface area contributed by atoms with E-state index in [0.717, 1.165) is 101 Å². The topological polar surface area (TPSA) is 81.7 Å². The molecule has 1 N–H and O–H groups in total. The van der Waals surface area contributed by atoms with E-state index < -0.39 is 11.7 Å². The molecule has 2 fully saturated rings. The van der Waals surface area contributed by atoms with Crippen LogP contribution in [0.4, 0.5) is 16.2 Å². The zero-order chi connectivity index (χ0) is 42.1. The van der Waals surface area contributed by atoms with Gasteiger partial charge in [-0.3, -0.25) is 0 Å². The van der Waals surface area contributed by atoms with Crippen LogP contribution in [0.5, 0.6) is 11.5 Å². The fourth-order valence-corrected chi connectivity index (χ4v) is 9.63. The van der Waals surface area contributed by atoms with Gasteiger partial charge in [0.1, 0.15) is 11.5 Å². The Labute approximate surface area is 359 Å². The normalized spacial score (nSPS) is 19.5. The van der Waals surface area contributed by atoms with E-state index in [1.165, 1.54) is 27.9 Å². The van der Waals surface area contributed by atoms with Gasteiger partial charge in [-0.15, -0.1) is 0 Å². The number of nitrogens with zero attached hydrogens (tertiary/aromatic N) is 2. The summed E-state index contributed by atoms with van der Waals surface area (Å²) >= 11 is 0. The Morgan fingerprint density at radius 3 is 2.44 bits per heavy atom. The van der Waals surface area contributed by atoms with E-state index >= 15 is 0 Å². The minimum atomic E-state index is -0.892. The van der Waals surface area contributed by atoms with Gasteiger partial charge in [-0.25, -0.2) is 4.79 Å². The Hall–Kier alpha value is -6.03. The minimum Gasteiger partial charge on any atom is -0.495 e. The average Bonchev–Trinajstić information content (AvgIpc) is 3.54. The highest BCUT2D eigenvalue weighted by atomic mass is 16.5. The second kappa shape index (κ2) is 16.8. The Balaban J connectivity index is 1.13. The van der Waals surface area contributed by atoms with Crippen molar-refractivity contribution in [2.45, 2.75) is 44.6 Å². The number of morpholine rings is 1. The summed E-state index contributed by atoms with van der Waals surface area (Å²) in [5, 5.41) is 4.88. The standard InChI is InChI=1S/C52H55N3O6/c1-35(2)33-59-27-23-53-50(56)60-34-36-12-11-24-55(32-36)45-30-42-43(31-46(45)57-5)49-41(48-47(42)40-15-9-10-16-44(40)51(48,3)4)21-22-52(61-49,37-13-7-6-8-14-37)38-17-19-39(20-18-38)54-25-28-58-29-26-54/h6-10,13-22,30-31,34H,1,11-12,23-29,32-33H2,2-5H3,(H,53,56)/b36-34-. The summed E-state index contributed by atoms with van der Waals surface area (Å²) in [6.07, 6.45) is 7.41. The van der Waals surface area contributed by atoms with Crippen molar-refractivity contribution < 1.29 is 28.5 Å². The summed E-state index contributed by atoms with van der Waals surface area (Å²) in [6, 6.07) is 32.7. The molecule has 61 heavy (non-hydrogen) atoms. The van der Waals surface area contributed by atoms with E-state index in [2.05, 4.69) is 139 Å². The maximum atomic E-state index is 12.6. The fourth-order valence-electron chi connectivity index (χ4n) is 9.63. The smallest absolute Gasteiger partial charge is 0.412 e. The molecule has 314 valence electrons. The first-order valence-electron chi connectivity index (χ1n) is 21.5. The first-order valence-corrected chi connectivity index (χ1v) is 21.5. The molecule has 3 heterocycles. The van der Waals surface area contributed by atoms with Crippen LogP contribution in [0.2, 0.25) is 0 Å². The zero-order valence-electron chi connectivity index (χ0n) is 35.7. The summed E-state index contributed by atoms with van der Waals surface area (Å²) in [5.74, 6) is 1.60. The van der Waals surface area contributed by atoms with Crippen molar-refractivity contribution in [2.24, 2.45) is 0 Å². The highest BCUT2D eigenvalue weighted by Gasteiger charge is 2.44. The molecule has 5 aromatic rings. The number of methoxy groups -OCH3 is 1. The first-order chi connectivity index (χ1) is 29.7. The molecule has 0 radical (unpaired) electrons. The van der Waals surface area contributed by atoms with Crippen molar-refractivity contribution >= 4 is 34.3 Å². The largest absolute Gasteiger partial charge is 0.495 e. The summed E-state index contributed by atoms with van der Waals surface area (Å²) in [5.41, 5.74) is 11.2. The lowest BCUT2D eigenvalue weighted by Crippen LogP contribution is -2.37. The van der Waals surface area contributed by atoms with Crippen molar-refractivity contribution in [3.8, 4) is 22.6 Å². The molecule has 9 heteroatoms. The van der Waals surface area contributed by atoms with Crippen molar-refractivity contribution in [3.63, 3.8) is 0 Å². The average molecular weight is 818 g/mol. The van der Waals surface area contributed by atoms with Crippen LogP contribution in [0.25, 0.3) is 28.0 Å². The summed E-state index contributed by atoms with van der Waals surface area (Å²) in [4.78, 5) is 17.3. The zero-order valence-corrected chi connectivity index (χ0v) is 35.7. The highest BCUT2D eigenvalue weighted by molar-refractivity contribution is 6.10. The second-order valence-electron chi connectivity index (χ2n) is 17.1. The van der Waals surface area contributed by atoms with E-state index in [9.17, 15) is 4.79 Å². The van der Waals surface area contributed by atoms with Crippen molar-refractivity contribution in [1.82, 2.24) is 5.32 Å². The van der Waals surface area contributed by atoms with Gasteiger partial charge >= 0.3 is 6.09 Å². The Bertz CT molecular complexity index is 2520. The fraction of sp³-hybridized carbons (Fsp3) is 0.327. The molecule has 1 unspecified atom stereocenters.